The van der Waals surface area contributed by atoms with Gasteiger partial charge >= 0.3 is 5.97 Å². The van der Waals surface area contributed by atoms with Gasteiger partial charge in [0.1, 0.15) is 5.75 Å². The van der Waals surface area contributed by atoms with E-state index in [0.29, 0.717) is 23.8 Å². The number of carbonyl (C=O) groups is 1. The molecule has 0 radical (unpaired) electrons. The molecule has 1 aliphatic rings. The Kier molecular flexibility index (Phi) is 3.36. The lowest BCUT2D eigenvalue weighted by atomic mass is 10.1. The Labute approximate surface area is 93.3 Å². The third kappa shape index (κ3) is 2.49. The van der Waals surface area contributed by atoms with E-state index in [1.165, 1.54) is 13.3 Å². The van der Waals surface area contributed by atoms with Crippen molar-refractivity contribution >= 4 is 5.97 Å². The molecule has 0 N–H and O–H groups in total. The van der Waals surface area contributed by atoms with Crippen LogP contribution in [0.15, 0.2) is 18.5 Å². The fourth-order valence-corrected chi connectivity index (χ4v) is 1.32. The van der Waals surface area contributed by atoms with Crippen molar-refractivity contribution in [3.63, 3.8) is 0 Å². The van der Waals surface area contributed by atoms with Gasteiger partial charge in [0, 0.05) is 12.1 Å². The summed E-state index contributed by atoms with van der Waals surface area (Å²) in [4.78, 5) is 15.2. The average molecular weight is 223 g/mol. The molecular weight excluding hydrogens is 210 g/mol. The van der Waals surface area contributed by atoms with E-state index >= 15 is 0 Å². The molecule has 0 spiro atoms. The van der Waals surface area contributed by atoms with Crippen LogP contribution in [0.5, 0.6) is 5.75 Å². The van der Waals surface area contributed by atoms with E-state index in [1.807, 2.05) is 0 Å². The lowest BCUT2D eigenvalue weighted by molar-refractivity contribution is -0.0509. The van der Waals surface area contributed by atoms with Gasteiger partial charge in [-0.15, -0.1) is 0 Å². The molecule has 0 aliphatic carbocycles. The number of nitrogens with zero attached hydrogens (tertiary/aromatic N) is 1. The molecule has 5 heteroatoms. The highest BCUT2D eigenvalue weighted by atomic mass is 16.5. The number of carbonyl (C=O) groups excluding carboxylic acids is 1. The molecule has 2 rings (SSSR count). The summed E-state index contributed by atoms with van der Waals surface area (Å²) in [7, 11) is 1.33. The molecule has 1 aromatic rings. The van der Waals surface area contributed by atoms with Crippen molar-refractivity contribution in [3.8, 4) is 5.75 Å². The molecule has 2 heterocycles. The number of aromatic nitrogens is 1. The van der Waals surface area contributed by atoms with Gasteiger partial charge in [-0.1, -0.05) is 0 Å². The zero-order chi connectivity index (χ0) is 11.4. The summed E-state index contributed by atoms with van der Waals surface area (Å²) in [6.07, 6.45) is 3.02. The summed E-state index contributed by atoms with van der Waals surface area (Å²) in [5.74, 6) is 0.613. The number of hydrogen-bond donors (Lipinski definition) is 0. The van der Waals surface area contributed by atoms with Crippen LogP contribution in [0.4, 0.5) is 0 Å². The van der Waals surface area contributed by atoms with Crippen molar-refractivity contribution < 1.29 is 19.0 Å². The van der Waals surface area contributed by atoms with Crippen molar-refractivity contribution in [3.05, 3.63) is 24.0 Å². The number of methoxy groups -OCH3 is 1. The second kappa shape index (κ2) is 4.94. The first-order valence-electron chi connectivity index (χ1n) is 5.03. The lowest BCUT2D eigenvalue weighted by Crippen LogP contribution is -2.32. The van der Waals surface area contributed by atoms with Gasteiger partial charge in [0.25, 0.3) is 0 Å². The van der Waals surface area contributed by atoms with Crippen LogP contribution >= 0.6 is 0 Å². The zero-order valence-corrected chi connectivity index (χ0v) is 9.01. The standard InChI is InChI=1S/C11H13NO4/c1-14-11(13)9-2-10(4-12-3-9)16-7-8-5-15-6-8/h2-4,8H,5-7H2,1H3. The highest BCUT2D eigenvalue weighted by Gasteiger charge is 2.19. The number of ether oxygens (including phenoxy) is 3. The maximum absolute atomic E-state index is 11.2. The van der Waals surface area contributed by atoms with E-state index in [2.05, 4.69) is 9.72 Å². The third-order valence-corrected chi connectivity index (χ3v) is 2.33. The fourth-order valence-electron chi connectivity index (χ4n) is 1.32. The minimum absolute atomic E-state index is 0.393. The topological polar surface area (TPSA) is 57.7 Å². The van der Waals surface area contributed by atoms with Crippen LogP contribution in [-0.2, 0) is 9.47 Å². The molecule has 86 valence electrons. The second-order valence-electron chi connectivity index (χ2n) is 3.62. The molecule has 1 fully saturated rings. The largest absolute Gasteiger partial charge is 0.491 e. The lowest BCUT2D eigenvalue weighted by Gasteiger charge is -2.25. The maximum atomic E-state index is 11.2. The SMILES string of the molecule is COC(=O)c1cncc(OCC2COC2)c1. The van der Waals surface area contributed by atoms with E-state index in [-0.39, 0.29) is 0 Å². The fraction of sp³-hybridized carbons (Fsp3) is 0.455. The third-order valence-electron chi connectivity index (χ3n) is 2.33. The minimum atomic E-state index is -0.412. The van der Waals surface area contributed by atoms with Crippen molar-refractivity contribution in [2.75, 3.05) is 26.9 Å². The van der Waals surface area contributed by atoms with Crippen LogP contribution in [0.1, 0.15) is 10.4 Å². The predicted octanol–water partition coefficient (Wildman–Crippen LogP) is 0.893. The molecule has 0 unspecified atom stereocenters. The van der Waals surface area contributed by atoms with E-state index < -0.39 is 5.97 Å². The van der Waals surface area contributed by atoms with Crippen molar-refractivity contribution in [2.45, 2.75) is 0 Å². The molecule has 1 saturated heterocycles. The summed E-state index contributed by atoms with van der Waals surface area (Å²) in [5.41, 5.74) is 0.393. The Bertz CT molecular complexity index is 376. The van der Waals surface area contributed by atoms with Crippen molar-refractivity contribution in [1.29, 1.82) is 0 Å². The van der Waals surface area contributed by atoms with Gasteiger partial charge in [-0.05, 0) is 6.07 Å². The normalized spacial score (nSPS) is 15.3. The van der Waals surface area contributed by atoms with Gasteiger partial charge < -0.3 is 14.2 Å². The summed E-state index contributed by atoms with van der Waals surface area (Å²) in [6, 6.07) is 1.62. The zero-order valence-electron chi connectivity index (χ0n) is 9.01. The van der Waals surface area contributed by atoms with Crippen molar-refractivity contribution in [2.24, 2.45) is 5.92 Å². The summed E-state index contributed by atoms with van der Waals surface area (Å²) in [5, 5.41) is 0. The van der Waals surface area contributed by atoms with E-state index in [9.17, 15) is 4.79 Å². The number of hydrogen-bond acceptors (Lipinski definition) is 5. The molecule has 0 amide bonds. The highest BCUT2D eigenvalue weighted by Crippen LogP contribution is 2.15. The minimum Gasteiger partial charge on any atom is -0.491 e. The van der Waals surface area contributed by atoms with Gasteiger partial charge in [-0.25, -0.2) is 4.79 Å². The molecule has 1 aliphatic heterocycles. The average Bonchev–Trinajstić information content (AvgIpc) is 2.26. The molecule has 16 heavy (non-hydrogen) atoms. The Morgan fingerprint density at radius 3 is 3.00 bits per heavy atom. The Morgan fingerprint density at radius 1 is 1.56 bits per heavy atom. The van der Waals surface area contributed by atoms with Crippen LogP contribution < -0.4 is 4.74 Å². The quantitative estimate of drug-likeness (QED) is 0.709. The summed E-state index contributed by atoms with van der Waals surface area (Å²) >= 11 is 0. The summed E-state index contributed by atoms with van der Waals surface area (Å²) < 4.78 is 15.1. The first kappa shape index (κ1) is 10.9. The molecule has 1 aromatic heterocycles. The second-order valence-corrected chi connectivity index (χ2v) is 3.62. The van der Waals surface area contributed by atoms with Crippen LogP contribution in [0, 0.1) is 5.92 Å². The molecule has 0 atom stereocenters. The molecule has 5 nitrogen and oxygen atoms in total. The Balaban J connectivity index is 1.95. The van der Waals surface area contributed by atoms with Crippen LogP contribution in [0.25, 0.3) is 0 Å². The first-order chi connectivity index (χ1) is 7.79. The van der Waals surface area contributed by atoms with Gasteiger partial charge in [0.05, 0.1) is 38.7 Å². The maximum Gasteiger partial charge on any atom is 0.339 e. The molecule has 0 bridgehead atoms. The number of esters is 1. The smallest absolute Gasteiger partial charge is 0.339 e. The van der Waals surface area contributed by atoms with E-state index in [1.54, 1.807) is 12.3 Å². The summed E-state index contributed by atoms with van der Waals surface area (Å²) in [6.45, 7) is 2.07. The van der Waals surface area contributed by atoms with Crippen LogP contribution in [0.3, 0.4) is 0 Å². The predicted molar refractivity (Wildman–Crippen MR) is 55.4 cm³/mol. The van der Waals surface area contributed by atoms with Crippen LogP contribution in [-0.4, -0.2) is 37.9 Å². The van der Waals surface area contributed by atoms with Crippen LogP contribution in [0.2, 0.25) is 0 Å². The van der Waals surface area contributed by atoms with Gasteiger partial charge in [-0.2, -0.15) is 0 Å². The van der Waals surface area contributed by atoms with Gasteiger partial charge in [0.15, 0.2) is 0 Å². The molecular formula is C11H13NO4. The Morgan fingerprint density at radius 2 is 2.38 bits per heavy atom. The van der Waals surface area contributed by atoms with Gasteiger partial charge in [0.2, 0.25) is 0 Å². The molecule has 0 saturated carbocycles. The Hall–Kier alpha value is -1.62. The van der Waals surface area contributed by atoms with Crippen molar-refractivity contribution in [1.82, 2.24) is 4.98 Å². The first-order valence-corrected chi connectivity index (χ1v) is 5.03. The highest BCUT2D eigenvalue weighted by molar-refractivity contribution is 5.89. The molecule has 0 aromatic carbocycles. The van der Waals surface area contributed by atoms with E-state index in [4.69, 9.17) is 9.47 Å². The number of rotatable bonds is 4. The van der Waals surface area contributed by atoms with Gasteiger partial charge in [-0.3, -0.25) is 4.98 Å². The number of pyridine rings is 1. The van der Waals surface area contributed by atoms with E-state index in [0.717, 1.165) is 13.2 Å². The monoisotopic (exact) mass is 223 g/mol.